The van der Waals surface area contributed by atoms with Gasteiger partial charge in [-0.25, -0.2) is 14.8 Å². The van der Waals surface area contributed by atoms with Gasteiger partial charge in [0, 0.05) is 12.3 Å². The van der Waals surface area contributed by atoms with Gasteiger partial charge in [-0.3, -0.25) is 0 Å². The van der Waals surface area contributed by atoms with Crippen LogP contribution in [0.5, 0.6) is 11.8 Å². The minimum atomic E-state index is -0.500. The van der Waals surface area contributed by atoms with Crippen molar-refractivity contribution in [2.75, 3.05) is 13.2 Å². The van der Waals surface area contributed by atoms with E-state index in [-0.39, 0.29) is 12.5 Å². The lowest BCUT2D eigenvalue weighted by molar-refractivity contribution is 0.0461. The third-order valence-electron chi connectivity index (χ3n) is 2.70. The zero-order valence-electron chi connectivity index (χ0n) is 12.6. The van der Waals surface area contributed by atoms with Crippen molar-refractivity contribution >= 4 is 5.97 Å². The minimum Gasteiger partial charge on any atom is -0.478 e. The molecule has 0 saturated carbocycles. The van der Waals surface area contributed by atoms with Crippen molar-refractivity contribution in [3.8, 4) is 11.8 Å². The second-order valence-corrected chi connectivity index (χ2v) is 4.27. The van der Waals surface area contributed by atoms with Gasteiger partial charge in [0.05, 0.1) is 18.9 Å². The molecule has 6 nitrogen and oxygen atoms in total. The molecule has 0 atom stereocenters. The summed E-state index contributed by atoms with van der Waals surface area (Å²) >= 11 is 0. The molecular weight excluding hydrogens is 284 g/mol. The molecule has 116 valence electrons. The molecule has 0 spiro atoms. The summed E-state index contributed by atoms with van der Waals surface area (Å²) in [6.07, 6.45) is 1.56. The number of hydrogen-bond donors (Lipinski definition) is 0. The number of pyridine rings is 2. The fourth-order valence-corrected chi connectivity index (χ4v) is 1.78. The van der Waals surface area contributed by atoms with Crippen molar-refractivity contribution in [2.24, 2.45) is 0 Å². The number of carbonyl (C=O) groups is 1. The van der Waals surface area contributed by atoms with E-state index in [1.807, 2.05) is 13.8 Å². The lowest BCUT2D eigenvalue weighted by Crippen LogP contribution is -2.10. The van der Waals surface area contributed by atoms with E-state index in [2.05, 4.69) is 9.97 Å². The number of rotatable bonds is 7. The smallest absolute Gasteiger partial charge is 0.344 e. The summed E-state index contributed by atoms with van der Waals surface area (Å²) in [6.45, 7) is 4.72. The topological polar surface area (TPSA) is 70.5 Å². The van der Waals surface area contributed by atoms with E-state index < -0.39 is 5.97 Å². The number of esters is 1. The predicted octanol–water partition coefficient (Wildman–Crippen LogP) is 2.63. The Morgan fingerprint density at radius 3 is 2.68 bits per heavy atom. The van der Waals surface area contributed by atoms with Gasteiger partial charge < -0.3 is 14.2 Å². The summed E-state index contributed by atoms with van der Waals surface area (Å²) in [7, 11) is 0. The van der Waals surface area contributed by atoms with E-state index in [0.29, 0.717) is 30.4 Å². The highest BCUT2D eigenvalue weighted by atomic mass is 16.5. The molecule has 0 saturated heterocycles. The molecule has 2 rings (SSSR count). The third-order valence-corrected chi connectivity index (χ3v) is 2.70. The Morgan fingerprint density at radius 2 is 1.91 bits per heavy atom. The molecule has 0 bridgehead atoms. The number of aromatic nitrogens is 2. The van der Waals surface area contributed by atoms with Crippen LogP contribution < -0.4 is 9.47 Å². The molecule has 0 aliphatic heterocycles. The average Bonchev–Trinajstić information content (AvgIpc) is 2.54. The molecule has 0 fully saturated rings. The van der Waals surface area contributed by atoms with E-state index in [0.717, 1.165) is 0 Å². The number of ether oxygens (including phenoxy) is 3. The summed E-state index contributed by atoms with van der Waals surface area (Å²) in [5, 5.41) is 0. The standard InChI is InChI=1S/C16H18N2O4/c1-3-20-14-9-5-7-12(18-14)11-22-16(19)13-8-6-10-17-15(13)21-4-2/h5-10H,3-4,11H2,1-2H3. The van der Waals surface area contributed by atoms with Gasteiger partial charge in [-0.1, -0.05) is 6.07 Å². The van der Waals surface area contributed by atoms with Gasteiger partial charge >= 0.3 is 5.97 Å². The van der Waals surface area contributed by atoms with Crippen molar-refractivity contribution in [2.45, 2.75) is 20.5 Å². The second-order valence-electron chi connectivity index (χ2n) is 4.27. The summed E-state index contributed by atoms with van der Waals surface area (Å²) in [6, 6.07) is 8.60. The number of nitrogens with zero attached hydrogens (tertiary/aromatic N) is 2. The molecule has 0 aliphatic rings. The Kier molecular flexibility index (Phi) is 5.71. The largest absolute Gasteiger partial charge is 0.478 e. The quantitative estimate of drug-likeness (QED) is 0.732. The summed E-state index contributed by atoms with van der Waals surface area (Å²) in [5.74, 6) is 0.277. The highest BCUT2D eigenvalue weighted by molar-refractivity contribution is 5.91. The zero-order chi connectivity index (χ0) is 15.8. The van der Waals surface area contributed by atoms with Crippen molar-refractivity contribution < 1.29 is 19.0 Å². The van der Waals surface area contributed by atoms with Gasteiger partial charge in [-0.15, -0.1) is 0 Å². The fraction of sp³-hybridized carbons (Fsp3) is 0.312. The number of hydrogen-bond acceptors (Lipinski definition) is 6. The minimum absolute atomic E-state index is 0.0558. The molecule has 0 unspecified atom stereocenters. The van der Waals surface area contributed by atoms with Gasteiger partial charge in [-0.05, 0) is 32.0 Å². The molecule has 0 radical (unpaired) electrons. The molecule has 6 heteroatoms. The molecule has 0 aromatic carbocycles. The summed E-state index contributed by atoms with van der Waals surface area (Å²) in [4.78, 5) is 20.4. The van der Waals surface area contributed by atoms with E-state index >= 15 is 0 Å². The van der Waals surface area contributed by atoms with Crippen LogP contribution in [-0.4, -0.2) is 29.2 Å². The van der Waals surface area contributed by atoms with Crippen LogP contribution in [0.4, 0.5) is 0 Å². The van der Waals surface area contributed by atoms with Crippen LogP contribution >= 0.6 is 0 Å². The number of carbonyl (C=O) groups excluding carboxylic acids is 1. The maximum Gasteiger partial charge on any atom is 0.344 e. The Hall–Kier alpha value is -2.63. The van der Waals surface area contributed by atoms with Crippen molar-refractivity contribution in [3.63, 3.8) is 0 Å². The first-order chi connectivity index (χ1) is 10.7. The van der Waals surface area contributed by atoms with Crippen molar-refractivity contribution in [1.82, 2.24) is 9.97 Å². The van der Waals surface area contributed by atoms with E-state index in [9.17, 15) is 4.79 Å². The Labute approximate surface area is 129 Å². The highest BCUT2D eigenvalue weighted by Gasteiger charge is 2.15. The summed E-state index contributed by atoms with van der Waals surface area (Å²) < 4.78 is 15.9. The zero-order valence-corrected chi connectivity index (χ0v) is 12.6. The first-order valence-electron chi connectivity index (χ1n) is 7.08. The molecule has 0 amide bonds. The van der Waals surface area contributed by atoms with E-state index in [1.165, 1.54) is 0 Å². The maximum absolute atomic E-state index is 12.1. The molecule has 0 aliphatic carbocycles. The predicted molar refractivity (Wildman–Crippen MR) is 79.9 cm³/mol. The van der Waals surface area contributed by atoms with Gasteiger partial charge in [0.25, 0.3) is 0 Å². The normalized spacial score (nSPS) is 10.1. The van der Waals surface area contributed by atoms with Crippen LogP contribution in [0.15, 0.2) is 36.5 Å². The Balaban J connectivity index is 2.02. The van der Waals surface area contributed by atoms with Crippen LogP contribution in [-0.2, 0) is 11.3 Å². The van der Waals surface area contributed by atoms with Crippen LogP contribution in [0.1, 0.15) is 29.9 Å². The summed E-state index contributed by atoms with van der Waals surface area (Å²) in [5.41, 5.74) is 0.909. The Morgan fingerprint density at radius 1 is 1.09 bits per heavy atom. The molecule has 2 aromatic heterocycles. The molecule has 2 heterocycles. The van der Waals surface area contributed by atoms with Crippen molar-refractivity contribution in [1.29, 1.82) is 0 Å². The van der Waals surface area contributed by atoms with Crippen LogP contribution in [0, 0.1) is 0 Å². The molecule has 22 heavy (non-hydrogen) atoms. The van der Waals surface area contributed by atoms with Gasteiger partial charge in [0.1, 0.15) is 12.2 Å². The average molecular weight is 302 g/mol. The van der Waals surface area contributed by atoms with Gasteiger partial charge in [-0.2, -0.15) is 0 Å². The van der Waals surface area contributed by atoms with Crippen LogP contribution in [0.25, 0.3) is 0 Å². The molecular formula is C16H18N2O4. The molecule has 2 aromatic rings. The Bertz CT molecular complexity index is 631. The van der Waals surface area contributed by atoms with Crippen LogP contribution in [0.2, 0.25) is 0 Å². The lowest BCUT2D eigenvalue weighted by Gasteiger charge is -2.09. The molecule has 0 N–H and O–H groups in total. The fourth-order valence-electron chi connectivity index (χ4n) is 1.78. The second kappa shape index (κ2) is 7.97. The van der Waals surface area contributed by atoms with E-state index in [1.54, 1.807) is 36.5 Å². The SMILES string of the molecule is CCOc1cccc(COC(=O)c2cccnc2OCC)n1. The van der Waals surface area contributed by atoms with E-state index in [4.69, 9.17) is 14.2 Å². The highest BCUT2D eigenvalue weighted by Crippen LogP contribution is 2.16. The van der Waals surface area contributed by atoms with Gasteiger partial charge in [0.2, 0.25) is 11.8 Å². The first-order valence-corrected chi connectivity index (χ1v) is 7.08. The van der Waals surface area contributed by atoms with Gasteiger partial charge in [0.15, 0.2) is 0 Å². The lowest BCUT2D eigenvalue weighted by atomic mass is 10.3. The maximum atomic E-state index is 12.1. The monoisotopic (exact) mass is 302 g/mol. The van der Waals surface area contributed by atoms with Crippen molar-refractivity contribution in [3.05, 3.63) is 47.8 Å². The third kappa shape index (κ3) is 4.18. The van der Waals surface area contributed by atoms with Crippen LogP contribution in [0.3, 0.4) is 0 Å². The first kappa shape index (κ1) is 15.8.